The van der Waals surface area contributed by atoms with Crippen LogP contribution in [0.2, 0.25) is 0 Å². The standard InChI is InChI=1S/C15H18O7/c1-10(16)19-9-14-13(21-11(2)17)5-6-15(22-14)20-8-12-4-3-7-18-12/h3-7,13-15H,8-9H2,1-2H3/t13-,14+,15-/m0/s1. The smallest absolute Gasteiger partial charge is 0.303 e. The van der Waals surface area contributed by atoms with Crippen LogP contribution in [0, 0.1) is 0 Å². The van der Waals surface area contributed by atoms with E-state index in [0.29, 0.717) is 5.76 Å². The number of ether oxygens (including phenoxy) is 4. The van der Waals surface area contributed by atoms with Crippen LogP contribution in [-0.4, -0.2) is 37.0 Å². The van der Waals surface area contributed by atoms with E-state index < -0.39 is 30.4 Å². The summed E-state index contributed by atoms with van der Waals surface area (Å²) < 4.78 is 26.4. The third-order valence-corrected chi connectivity index (χ3v) is 2.86. The Morgan fingerprint density at radius 3 is 2.68 bits per heavy atom. The first-order valence-electron chi connectivity index (χ1n) is 6.83. The quantitative estimate of drug-likeness (QED) is 0.582. The van der Waals surface area contributed by atoms with Gasteiger partial charge in [0.25, 0.3) is 0 Å². The maximum Gasteiger partial charge on any atom is 0.303 e. The average Bonchev–Trinajstić information content (AvgIpc) is 2.97. The Morgan fingerprint density at radius 2 is 2.05 bits per heavy atom. The van der Waals surface area contributed by atoms with Crippen LogP contribution in [0.5, 0.6) is 0 Å². The predicted octanol–water partition coefficient (Wildman–Crippen LogP) is 1.57. The summed E-state index contributed by atoms with van der Waals surface area (Å²) in [6, 6.07) is 3.54. The lowest BCUT2D eigenvalue weighted by Gasteiger charge is -2.31. The van der Waals surface area contributed by atoms with Gasteiger partial charge in [-0.15, -0.1) is 0 Å². The summed E-state index contributed by atoms with van der Waals surface area (Å²) in [5.41, 5.74) is 0. The molecular formula is C15H18O7. The second-order valence-corrected chi connectivity index (χ2v) is 4.69. The Labute approximate surface area is 127 Å². The molecule has 0 amide bonds. The van der Waals surface area contributed by atoms with Crippen LogP contribution in [0.3, 0.4) is 0 Å². The van der Waals surface area contributed by atoms with E-state index in [0.717, 1.165) is 0 Å². The van der Waals surface area contributed by atoms with Gasteiger partial charge in [0.05, 0.1) is 6.26 Å². The highest BCUT2D eigenvalue weighted by atomic mass is 16.7. The molecule has 0 radical (unpaired) electrons. The molecule has 0 saturated heterocycles. The molecule has 7 nitrogen and oxygen atoms in total. The second-order valence-electron chi connectivity index (χ2n) is 4.69. The van der Waals surface area contributed by atoms with E-state index in [4.69, 9.17) is 23.4 Å². The van der Waals surface area contributed by atoms with Gasteiger partial charge < -0.3 is 23.4 Å². The van der Waals surface area contributed by atoms with Crippen molar-refractivity contribution in [3.63, 3.8) is 0 Å². The molecule has 0 saturated carbocycles. The van der Waals surface area contributed by atoms with Crippen molar-refractivity contribution in [3.05, 3.63) is 36.3 Å². The van der Waals surface area contributed by atoms with Gasteiger partial charge in [0.15, 0.2) is 6.29 Å². The van der Waals surface area contributed by atoms with Gasteiger partial charge in [-0.25, -0.2) is 0 Å². The summed E-state index contributed by atoms with van der Waals surface area (Å²) >= 11 is 0. The fraction of sp³-hybridized carbons (Fsp3) is 0.467. The highest BCUT2D eigenvalue weighted by molar-refractivity contribution is 5.66. The molecule has 2 heterocycles. The molecule has 0 aromatic carbocycles. The molecule has 1 aromatic rings. The molecule has 0 bridgehead atoms. The second kappa shape index (κ2) is 7.77. The van der Waals surface area contributed by atoms with Crippen LogP contribution < -0.4 is 0 Å². The molecule has 0 N–H and O–H groups in total. The van der Waals surface area contributed by atoms with Crippen molar-refractivity contribution in [1.82, 2.24) is 0 Å². The zero-order valence-corrected chi connectivity index (χ0v) is 12.4. The van der Waals surface area contributed by atoms with Crippen molar-refractivity contribution in [3.8, 4) is 0 Å². The van der Waals surface area contributed by atoms with Gasteiger partial charge >= 0.3 is 11.9 Å². The Balaban J connectivity index is 1.93. The first kappa shape index (κ1) is 16.3. The minimum atomic E-state index is -0.641. The Bertz CT molecular complexity index is 520. The van der Waals surface area contributed by atoms with Crippen molar-refractivity contribution in [2.75, 3.05) is 6.61 Å². The van der Waals surface area contributed by atoms with E-state index in [9.17, 15) is 9.59 Å². The Hall–Kier alpha value is -2.12. The van der Waals surface area contributed by atoms with Gasteiger partial charge in [-0.2, -0.15) is 0 Å². The molecule has 1 aromatic heterocycles. The minimum absolute atomic E-state index is 0.0295. The summed E-state index contributed by atoms with van der Waals surface area (Å²) in [7, 11) is 0. The van der Waals surface area contributed by atoms with E-state index >= 15 is 0 Å². The van der Waals surface area contributed by atoms with Gasteiger partial charge in [-0.1, -0.05) is 0 Å². The molecule has 0 spiro atoms. The van der Waals surface area contributed by atoms with Crippen LogP contribution >= 0.6 is 0 Å². The number of esters is 2. The van der Waals surface area contributed by atoms with Crippen LogP contribution in [-0.2, 0) is 35.1 Å². The number of hydrogen-bond acceptors (Lipinski definition) is 7. The lowest BCUT2D eigenvalue weighted by Crippen LogP contribution is -2.42. The summed E-state index contributed by atoms with van der Waals surface area (Å²) in [6.45, 7) is 2.80. The van der Waals surface area contributed by atoms with Gasteiger partial charge in [-0.3, -0.25) is 9.59 Å². The van der Waals surface area contributed by atoms with Gasteiger partial charge in [0, 0.05) is 13.8 Å². The largest absolute Gasteiger partial charge is 0.467 e. The Morgan fingerprint density at radius 1 is 1.23 bits per heavy atom. The van der Waals surface area contributed by atoms with E-state index in [-0.39, 0.29) is 13.2 Å². The molecule has 0 unspecified atom stereocenters. The molecule has 3 atom stereocenters. The molecule has 0 aliphatic carbocycles. The maximum atomic E-state index is 11.1. The lowest BCUT2D eigenvalue weighted by atomic mass is 10.1. The van der Waals surface area contributed by atoms with Crippen molar-refractivity contribution < 1.29 is 33.0 Å². The van der Waals surface area contributed by atoms with Gasteiger partial charge in [-0.05, 0) is 24.3 Å². The summed E-state index contributed by atoms with van der Waals surface area (Å²) in [5.74, 6) is -0.218. The first-order valence-corrected chi connectivity index (χ1v) is 6.83. The van der Waals surface area contributed by atoms with Crippen molar-refractivity contribution in [2.45, 2.75) is 39.0 Å². The average molecular weight is 310 g/mol. The van der Waals surface area contributed by atoms with Crippen molar-refractivity contribution in [1.29, 1.82) is 0 Å². The maximum absolute atomic E-state index is 11.1. The fourth-order valence-corrected chi connectivity index (χ4v) is 1.91. The summed E-state index contributed by atoms with van der Waals surface area (Å²) in [5, 5.41) is 0. The molecule has 1 aliphatic rings. The highest BCUT2D eigenvalue weighted by Gasteiger charge is 2.31. The number of rotatable bonds is 6. The third kappa shape index (κ3) is 5.01. The van der Waals surface area contributed by atoms with E-state index in [2.05, 4.69) is 0 Å². The van der Waals surface area contributed by atoms with E-state index in [1.165, 1.54) is 13.8 Å². The number of furan rings is 1. The normalized spacial score (nSPS) is 24.0. The monoisotopic (exact) mass is 310 g/mol. The lowest BCUT2D eigenvalue weighted by molar-refractivity contribution is -0.201. The van der Waals surface area contributed by atoms with Crippen LogP contribution in [0.15, 0.2) is 35.0 Å². The highest BCUT2D eigenvalue weighted by Crippen LogP contribution is 2.19. The molecule has 2 rings (SSSR count). The van der Waals surface area contributed by atoms with Crippen LogP contribution in [0.4, 0.5) is 0 Å². The Kier molecular flexibility index (Phi) is 5.74. The van der Waals surface area contributed by atoms with Gasteiger partial charge in [0.1, 0.15) is 31.2 Å². The minimum Gasteiger partial charge on any atom is -0.467 e. The van der Waals surface area contributed by atoms with Crippen LogP contribution in [0.1, 0.15) is 19.6 Å². The summed E-state index contributed by atoms with van der Waals surface area (Å²) in [6.07, 6.45) is 2.96. The molecular weight excluding hydrogens is 292 g/mol. The number of carbonyl (C=O) groups excluding carboxylic acids is 2. The number of hydrogen-bond donors (Lipinski definition) is 0. The molecule has 22 heavy (non-hydrogen) atoms. The zero-order valence-electron chi connectivity index (χ0n) is 12.4. The van der Waals surface area contributed by atoms with Crippen LogP contribution in [0.25, 0.3) is 0 Å². The summed E-state index contributed by atoms with van der Waals surface area (Å²) in [4.78, 5) is 22.0. The predicted molar refractivity (Wildman–Crippen MR) is 73.5 cm³/mol. The van der Waals surface area contributed by atoms with E-state index in [1.54, 1.807) is 30.5 Å². The topological polar surface area (TPSA) is 84.2 Å². The number of carbonyl (C=O) groups is 2. The van der Waals surface area contributed by atoms with E-state index in [1.807, 2.05) is 0 Å². The van der Waals surface area contributed by atoms with Crippen molar-refractivity contribution in [2.24, 2.45) is 0 Å². The molecule has 0 fully saturated rings. The molecule has 120 valence electrons. The first-order chi connectivity index (χ1) is 10.5. The SMILES string of the molecule is CC(=O)OC[C@H]1O[C@H](OCc2ccco2)C=C[C@@H]1OC(C)=O. The zero-order chi connectivity index (χ0) is 15.9. The molecule has 7 heteroatoms. The fourth-order valence-electron chi connectivity index (χ4n) is 1.91. The van der Waals surface area contributed by atoms with Gasteiger partial charge in [0.2, 0.25) is 0 Å². The molecule has 1 aliphatic heterocycles. The van der Waals surface area contributed by atoms with Crippen molar-refractivity contribution >= 4 is 11.9 Å². The third-order valence-electron chi connectivity index (χ3n) is 2.86.